The summed E-state index contributed by atoms with van der Waals surface area (Å²) in [5, 5.41) is 11.9. The zero-order valence-corrected chi connectivity index (χ0v) is 14.0. The van der Waals surface area contributed by atoms with Crippen LogP contribution in [-0.4, -0.2) is 31.2 Å². The van der Waals surface area contributed by atoms with E-state index in [4.69, 9.17) is 14.6 Å². The second kappa shape index (κ2) is 8.54. The predicted octanol–water partition coefficient (Wildman–Crippen LogP) is 2.73. The van der Waals surface area contributed by atoms with Crippen LogP contribution in [0.2, 0.25) is 0 Å². The van der Waals surface area contributed by atoms with Gasteiger partial charge < -0.3 is 19.9 Å². The molecule has 0 bridgehead atoms. The number of hydrogen-bond acceptors (Lipinski definition) is 4. The minimum Gasteiger partial charge on any atom is -0.496 e. The number of carbonyl (C=O) groups is 2. The molecule has 0 aliphatic heterocycles. The van der Waals surface area contributed by atoms with Gasteiger partial charge in [-0.1, -0.05) is 24.3 Å². The molecule has 0 aliphatic rings. The van der Waals surface area contributed by atoms with Crippen molar-refractivity contribution in [3.8, 4) is 11.5 Å². The fourth-order valence-corrected chi connectivity index (χ4v) is 2.25. The lowest BCUT2D eigenvalue weighted by Gasteiger charge is -2.08. The Balaban J connectivity index is 2.01. The Morgan fingerprint density at radius 2 is 1.80 bits per heavy atom. The normalized spacial score (nSPS) is 10.5. The number of nitrogens with one attached hydrogen (secondary N) is 1. The first-order chi connectivity index (χ1) is 12.0. The first kappa shape index (κ1) is 18.1. The number of methoxy groups -OCH3 is 2. The van der Waals surface area contributed by atoms with E-state index < -0.39 is 5.97 Å². The summed E-state index contributed by atoms with van der Waals surface area (Å²) in [4.78, 5) is 23.2. The van der Waals surface area contributed by atoms with Gasteiger partial charge in [0.1, 0.15) is 17.1 Å². The molecule has 0 radical (unpaired) electrons. The maximum Gasteiger partial charge on any atom is 0.339 e. The van der Waals surface area contributed by atoms with Crippen LogP contribution in [0.1, 0.15) is 21.5 Å². The van der Waals surface area contributed by atoms with E-state index >= 15 is 0 Å². The predicted molar refractivity (Wildman–Crippen MR) is 93.8 cm³/mol. The van der Waals surface area contributed by atoms with Crippen LogP contribution < -0.4 is 14.8 Å². The third-order valence-corrected chi connectivity index (χ3v) is 3.51. The Bertz CT molecular complexity index is 798. The molecule has 0 heterocycles. The molecule has 0 saturated heterocycles. The molecule has 0 fully saturated rings. The maximum absolute atomic E-state index is 12.0. The number of rotatable bonds is 7. The molecule has 2 N–H and O–H groups in total. The maximum atomic E-state index is 12.0. The Morgan fingerprint density at radius 3 is 2.48 bits per heavy atom. The second-order valence-electron chi connectivity index (χ2n) is 5.13. The van der Waals surface area contributed by atoms with Crippen LogP contribution in [0.3, 0.4) is 0 Å². The summed E-state index contributed by atoms with van der Waals surface area (Å²) < 4.78 is 10.2. The third-order valence-electron chi connectivity index (χ3n) is 3.51. The highest BCUT2D eigenvalue weighted by atomic mass is 16.5. The monoisotopic (exact) mass is 341 g/mol. The number of carboxylic acid groups (broad SMARTS) is 1. The fraction of sp³-hybridized carbons (Fsp3) is 0.158. The molecule has 130 valence electrons. The quantitative estimate of drug-likeness (QED) is 0.757. The summed E-state index contributed by atoms with van der Waals surface area (Å²) in [6.07, 6.45) is 3.06. The summed E-state index contributed by atoms with van der Waals surface area (Å²) in [5.74, 6) is -0.425. The van der Waals surface area contributed by atoms with Crippen molar-refractivity contribution in [2.24, 2.45) is 0 Å². The smallest absolute Gasteiger partial charge is 0.339 e. The Hall–Kier alpha value is -3.28. The summed E-state index contributed by atoms with van der Waals surface area (Å²) in [5.41, 5.74) is 1.51. The van der Waals surface area contributed by atoms with E-state index in [-0.39, 0.29) is 23.8 Å². The van der Waals surface area contributed by atoms with Crippen LogP contribution in [0, 0.1) is 0 Å². The Labute approximate surface area is 145 Å². The van der Waals surface area contributed by atoms with Gasteiger partial charge in [0.15, 0.2) is 0 Å². The van der Waals surface area contributed by atoms with Gasteiger partial charge in [-0.15, -0.1) is 0 Å². The first-order valence-electron chi connectivity index (χ1n) is 7.54. The molecule has 2 rings (SSSR count). The molecule has 0 spiro atoms. The lowest BCUT2D eigenvalue weighted by molar-refractivity contribution is -0.116. The zero-order valence-electron chi connectivity index (χ0n) is 14.0. The van der Waals surface area contributed by atoms with E-state index in [1.54, 1.807) is 25.3 Å². The van der Waals surface area contributed by atoms with E-state index in [1.807, 2.05) is 24.3 Å². The highest BCUT2D eigenvalue weighted by molar-refractivity contribution is 5.92. The van der Waals surface area contributed by atoms with Gasteiger partial charge in [0, 0.05) is 18.2 Å². The molecule has 0 atom stereocenters. The molecule has 0 aromatic heterocycles. The number of aromatic carboxylic acids is 1. The van der Waals surface area contributed by atoms with Crippen LogP contribution in [0.25, 0.3) is 6.08 Å². The molecule has 6 heteroatoms. The Morgan fingerprint density at radius 1 is 1.08 bits per heavy atom. The zero-order chi connectivity index (χ0) is 18.2. The van der Waals surface area contributed by atoms with Crippen LogP contribution >= 0.6 is 0 Å². The summed E-state index contributed by atoms with van der Waals surface area (Å²) in [6.45, 7) is 0.208. The molecular formula is C19H19NO5. The van der Waals surface area contributed by atoms with Gasteiger partial charge in [-0.25, -0.2) is 4.79 Å². The van der Waals surface area contributed by atoms with Gasteiger partial charge in [0.2, 0.25) is 5.91 Å². The van der Waals surface area contributed by atoms with E-state index in [9.17, 15) is 9.59 Å². The van der Waals surface area contributed by atoms with Gasteiger partial charge in [0.05, 0.1) is 14.2 Å². The number of carbonyl (C=O) groups excluding carboxylic acids is 1. The topological polar surface area (TPSA) is 84.9 Å². The average molecular weight is 341 g/mol. The van der Waals surface area contributed by atoms with Crippen molar-refractivity contribution in [2.45, 2.75) is 6.54 Å². The van der Waals surface area contributed by atoms with Gasteiger partial charge in [-0.3, -0.25) is 4.79 Å². The van der Waals surface area contributed by atoms with Crippen molar-refractivity contribution in [1.82, 2.24) is 5.32 Å². The molecule has 0 aliphatic carbocycles. The van der Waals surface area contributed by atoms with Gasteiger partial charge in [-0.05, 0) is 29.8 Å². The minimum atomic E-state index is -1.08. The van der Waals surface area contributed by atoms with Gasteiger partial charge in [-0.2, -0.15) is 0 Å². The number of carboxylic acids is 1. The van der Waals surface area contributed by atoms with Crippen molar-refractivity contribution >= 4 is 18.0 Å². The Kier molecular flexibility index (Phi) is 6.17. The molecular weight excluding hydrogens is 322 g/mol. The molecule has 6 nitrogen and oxygen atoms in total. The number of amides is 1. The largest absolute Gasteiger partial charge is 0.496 e. The van der Waals surface area contributed by atoms with Gasteiger partial charge >= 0.3 is 5.97 Å². The highest BCUT2D eigenvalue weighted by Crippen LogP contribution is 2.20. The van der Waals surface area contributed by atoms with E-state index in [0.717, 1.165) is 5.56 Å². The summed E-state index contributed by atoms with van der Waals surface area (Å²) in [7, 11) is 2.97. The standard InChI is InChI=1S/C19H19NO5/c1-24-16-6-4-3-5-14(16)8-10-18(21)20-12-13-7-9-17(25-2)15(11-13)19(22)23/h3-11H,12H2,1-2H3,(H,20,21)(H,22,23)/b10-8-. The van der Waals surface area contributed by atoms with Crippen molar-refractivity contribution in [3.63, 3.8) is 0 Å². The fourth-order valence-electron chi connectivity index (χ4n) is 2.25. The number of ether oxygens (including phenoxy) is 2. The number of benzene rings is 2. The SMILES string of the molecule is COc1ccccc1/C=C\C(=O)NCc1ccc(OC)c(C(=O)O)c1. The van der Waals surface area contributed by atoms with E-state index in [1.165, 1.54) is 19.3 Å². The minimum absolute atomic E-state index is 0.0545. The van der Waals surface area contributed by atoms with Gasteiger partial charge in [0.25, 0.3) is 0 Å². The lowest BCUT2D eigenvalue weighted by atomic mass is 10.1. The van der Waals surface area contributed by atoms with E-state index in [0.29, 0.717) is 11.3 Å². The molecule has 2 aromatic carbocycles. The second-order valence-corrected chi connectivity index (χ2v) is 5.13. The van der Waals surface area contributed by atoms with Crippen molar-refractivity contribution in [1.29, 1.82) is 0 Å². The van der Waals surface area contributed by atoms with Crippen LogP contribution in [0.5, 0.6) is 11.5 Å². The molecule has 2 aromatic rings. The third kappa shape index (κ3) is 4.84. The van der Waals surface area contributed by atoms with Crippen LogP contribution in [0.15, 0.2) is 48.5 Å². The van der Waals surface area contributed by atoms with Crippen molar-refractivity contribution in [3.05, 3.63) is 65.2 Å². The molecule has 25 heavy (non-hydrogen) atoms. The number of para-hydroxylation sites is 1. The summed E-state index contributed by atoms with van der Waals surface area (Å²) in [6, 6.07) is 12.1. The summed E-state index contributed by atoms with van der Waals surface area (Å²) >= 11 is 0. The van der Waals surface area contributed by atoms with Crippen LogP contribution in [-0.2, 0) is 11.3 Å². The molecule has 1 amide bonds. The molecule has 0 unspecified atom stereocenters. The molecule has 0 saturated carbocycles. The lowest BCUT2D eigenvalue weighted by Crippen LogP contribution is -2.20. The number of hydrogen-bond donors (Lipinski definition) is 2. The average Bonchev–Trinajstić information content (AvgIpc) is 2.64. The van der Waals surface area contributed by atoms with Crippen molar-refractivity contribution < 1.29 is 24.2 Å². The highest BCUT2D eigenvalue weighted by Gasteiger charge is 2.11. The first-order valence-corrected chi connectivity index (χ1v) is 7.54. The van der Waals surface area contributed by atoms with Crippen molar-refractivity contribution in [2.75, 3.05) is 14.2 Å². The van der Waals surface area contributed by atoms with Crippen LogP contribution in [0.4, 0.5) is 0 Å². The van der Waals surface area contributed by atoms with E-state index in [2.05, 4.69) is 5.32 Å².